The Kier molecular flexibility index (Phi) is 6.03. The van der Waals surface area contributed by atoms with Crippen LogP contribution in [0, 0.1) is 11.7 Å². The first-order valence-electron chi connectivity index (χ1n) is 10.00. The van der Waals surface area contributed by atoms with E-state index in [-0.39, 0.29) is 17.6 Å². The van der Waals surface area contributed by atoms with Gasteiger partial charge in [-0.05, 0) is 62.3 Å². The fraction of sp³-hybridized carbons (Fsp3) is 0.273. The number of hydrogen-bond acceptors (Lipinski definition) is 6. The van der Waals surface area contributed by atoms with Crippen molar-refractivity contribution in [3.8, 4) is 11.4 Å². The molecule has 8 nitrogen and oxygen atoms in total. The lowest BCUT2D eigenvalue weighted by Crippen LogP contribution is -2.38. The minimum atomic E-state index is -0.578. The molecule has 2 heterocycles. The van der Waals surface area contributed by atoms with Gasteiger partial charge in [-0.2, -0.15) is 4.98 Å². The summed E-state index contributed by atoms with van der Waals surface area (Å²) in [6, 6.07) is 12.6. The van der Waals surface area contributed by atoms with E-state index >= 15 is 0 Å². The number of benzene rings is 2. The van der Waals surface area contributed by atoms with Gasteiger partial charge in [-0.3, -0.25) is 14.5 Å². The molecule has 1 aliphatic heterocycles. The summed E-state index contributed by atoms with van der Waals surface area (Å²) in [5.74, 6) is -0.294. The van der Waals surface area contributed by atoms with Crippen LogP contribution in [-0.2, 0) is 11.3 Å². The zero-order valence-electron chi connectivity index (χ0n) is 16.8. The van der Waals surface area contributed by atoms with Crippen LogP contribution in [0.25, 0.3) is 11.4 Å². The maximum atomic E-state index is 13.1. The van der Waals surface area contributed by atoms with Crippen molar-refractivity contribution in [1.82, 2.24) is 15.0 Å². The van der Waals surface area contributed by atoms with Crippen LogP contribution in [0.4, 0.5) is 10.1 Å². The van der Waals surface area contributed by atoms with Crippen molar-refractivity contribution in [2.75, 3.05) is 18.4 Å². The number of nitrogens with two attached hydrogens (primary N) is 1. The maximum absolute atomic E-state index is 13.1. The molecule has 9 heteroatoms. The van der Waals surface area contributed by atoms with Gasteiger partial charge in [0, 0.05) is 11.5 Å². The van der Waals surface area contributed by atoms with Gasteiger partial charge in [-0.25, -0.2) is 4.39 Å². The number of likely N-dealkylation sites (tertiary alicyclic amines) is 1. The van der Waals surface area contributed by atoms with Crippen molar-refractivity contribution >= 4 is 17.5 Å². The van der Waals surface area contributed by atoms with E-state index in [1.807, 2.05) is 0 Å². The van der Waals surface area contributed by atoms with E-state index in [1.165, 1.54) is 12.1 Å². The van der Waals surface area contributed by atoms with Crippen molar-refractivity contribution in [2.24, 2.45) is 11.7 Å². The summed E-state index contributed by atoms with van der Waals surface area (Å²) in [6.07, 6.45) is 1.34. The number of amides is 2. The zero-order chi connectivity index (χ0) is 21.8. The van der Waals surface area contributed by atoms with Gasteiger partial charge in [0.1, 0.15) is 5.82 Å². The average Bonchev–Trinajstić information content (AvgIpc) is 3.23. The molecule has 3 N–H and O–H groups in total. The number of rotatable bonds is 6. The smallest absolute Gasteiger partial charge is 0.250 e. The third-order valence-corrected chi connectivity index (χ3v) is 5.34. The highest BCUT2D eigenvalue weighted by Crippen LogP contribution is 2.23. The highest BCUT2D eigenvalue weighted by molar-refractivity contribution is 6.03. The van der Waals surface area contributed by atoms with Gasteiger partial charge in [0.15, 0.2) is 0 Å². The van der Waals surface area contributed by atoms with E-state index in [0.717, 1.165) is 0 Å². The molecule has 1 saturated heterocycles. The lowest BCUT2D eigenvalue weighted by Gasteiger charge is -2.30. The van der Waals surface area contributed by atoms with Gasteiger partial charge < -0.3 is 15.6 Å². The number of hydrogen-bond donors (Lipinski definition) is 2. The molecule has 31 heavy (non-hydrogen) atoms. The van der Waals surface area contributed by atoms with Crippen LogP contribution in [0.2, 0.25) is 0 Å². The van der Waals surface area contributed by atoms with E-state index in [9.17, 15) is 14.0 Å². The lowest BCUT2D eigenvalue weighted by molar-refractivity contribution is -0.121. The first kappa shape index (κ1) is 20.7. The third kappa shape index (κ3) is 4.95. The van der Waals surface area contributed by atoms with Crippen LogP contribution in [0.5, 0.6) is 0 Å². The molecule has 1 aliphatic rings. The van der Waals surface area contributed by atoms with Crippen LogP contribution < -0.4 is 11.1 Å². The van der Waals surface area contributed by atoms with Crippen LogP contribution in [0.15, 0.2) is 53.1 Å². The second-order valence-corrected chi connectivity index (χ2v) is 7.47. The molecule has 1 fully saturated rings. The number of nitrogens with one attached hydrogen (secondary N) is 1. The standard InChI is InChI=1S/C22H22FN5O3/c23-16-7-5-14(6-8-16)21-26-19(31-27-21)13-28-11-9-15(10-12-28)22(30)25-18-4-2-1-3-17(18)20(24)29/h1-8,15H,9-13H2,(H2,24,29)(H,25,30). The molecule has 0 unspecified atom stereocenters. The fourth-order valence-electron chi connectivity index (χ4n) is 3.62. The van der Waals surface area contributed by atoms with E-state index in [4.69, 9.17) is 10.3 Å². The zero-order valence-corrected chi connectivity index (χ0v) is 16.8. The lowest BCUT2D eigenvalue weighted by atomic mass is 9.95. The van der Waals surface area contributed by atoms with Crippen LogP contribution in [0.1, 0.15) is 29.1 Å². The Balaban J connectivity index is 1.31. The molecular weight excluding hydrogens is 401 g/mol. The normalized spacial score (nSPS) is 15.0. The summed E-state index contributed by atoms with van der Waals surface area (Å²) >= 11 is 0. The quantitative estimate of drug-likeness (QED) is 0.630. The first-order chi connectivity index (χ1) is 15.0. The number of anilines is 1. The highest BCUT2D eigenvalue weighted by atomic mass is 19.1. The number of carbonyl (C=O) groups excluding carboxylic acids is 2. The average molecular weight is 423 g/mol. The SMILES string of the molecule is NC(=O)c1ccccc1NC(=O)C1CCN(Cc2nc(-c3ccc(F)cc3)no2)CC1. The summed E-state index contributed by atoms with van der Waals surface area (Å²) in [6.45, 7) is 1.88. The van der Waals surface area contributed by atoms with E-state index in [2.05, 4.69) is 20.4 Å². The molecule has 0 spiro atoms. The number of piperidine rings is 1. The Hall–Kier alpha value is -3.59. The third-order valence-electron chi connectivity index (χ3n) is 5.34. The summed E-state index contributed by atoms with van der Waals surface area (Å²) in [4.78, 5) is 30.7. The largest absolute Gasteiger partial charge is 0.366 e. The first-order valence-corrected chi connectivity index (χ1v) is 10.00. The van der Waals surface area contributed by atoms with Crippen LogP contribution >= 0.6 is 0 Å². The Morgan fingerprint density at radius 1 is 1.13 bits per heavy atom. The number of primary amides is 1. The summed E-state index contributed by atoms with van der Waals surface area (Å²) in [5.41, 5.74) is 6.78. The highest BCUT2D eigenvalue weighted by Gasteiger charge is 2.26. The monoisotopic (exact) mass is 423 g/mol. The van der Waals surface area contributed by atoms with Gasteiger partial charge in [0.05, 0.1) is 17.8 Å². The molecule has 1 aromatic heterocycles. The summed E-state index contributed by atoms with van der Waals surface area (Å²) < 4.78 is 18.4. The predicted octanol–water partition coefficient (Wildman–Crippen LogP) is 2.83. The second kappa shape index (κ2) is 9.05. The van der Waals surface area contributed by atoms with Crippen LogP contribution in [-0.4, -0.2) is 39.9 Å². The predicted molar refractivity (Wildman–Crippen MR) is 111 cm³/mol. The van der Waals surface area contributed by atoms with Crippen molar-refractivity contribution in [3.05, 3.63) is 65.8 Å². The molecule has 4 rings (SSSR count). The van der Waals surface area contributed by atoms with Gasteiger partial charge in [-0.1, -0.05) is 17.3 Å². The fourth-order valence-corrected chi connectivity index (χ4v) is 3.62. The minimum absolute atomic E-state index is 0.121. The van der Waals surface area contributed by atoms with E-state index in [0.29, 0.717) is 61.0 Å². The Labute approximate surface area is 178 Å². The van der Waals surface area contributed by atoms with Gasteiger partial charge in [0.25, 0.3) is 5.91 Å². The number of nitrogens with zero attached hydrogens (tertiary/aromatic N) is 3. The van der Waals surface area contributed by atoms with Crippen LogP contribution in [0.3, 0.4) is 0 Å². The topological polar surface area (TPSA) is 114 Å². The molecule has 160 valence electrons. The molecule has 0 aliphatic carbocycles. The molecule has 2 aromatic carbocycles. The summed E-state index contributed by atoms with van der Waals surface area (Å²) in [7, 11) is 0. The second-order valence-electron chi connectivity index (χ2n) is 7.47. The van der Waals surface area contributed by atoms with Crippen molar-refractivity contribution in [3.63, 3.8) is 0 Å². The van der Waals surface area contributed by atoms with Gasteiger partial charge in [0.2, 0.25) is 17.6 Å². The van der Waals surface area contributed by atoms with Crippen molar-refractivity contribution in [2.45, 2.75) is 19.4 Å². The number of aromatic nitrogens is 2. The molecule has 0 atom stereocenters. The van der Waals surface area contributed by atoms with E-state index in [1.54, 1.807) is 36.4 Å². The summed E-state index contributed by atoms with van der Waals surface area (Å²) in [5, 5.41) is 6.78. The van der Waals surface area contributed by atoms with Crippen molar-refractivity contribution in [1.29, 1.82) is 0 Å². The Morgan fingerprint density at radius 2 is 1.84 bits per heavy atom. The number of para-hydroxylation sites is 1. The minimum Gasteiger partial charge on any atom is -0.366 e. The Morgan fingerprint density at radius 3 is 2.55 bits per heavy atom. The maximum Gasteiger partial charge on any atom is 0.250 e. The molecular formula is C22H22FN5O3. The number of carbonyl (C=O) groups is 2. The molecule has 0 radical (unpaired) electrons. The molecule has 2 amide bonds. The molecule has 0 bridgehead atoms. The number of halogens is 1. The van der Waals surface area contributed by atoms with Gasteiger partial charge >= 0.3 is 0 Å². The Bertz CT molecular complexity index is 1070. The molecule has 3 aromatic rings. The molecule has 0 saturated carbocycles. The van der Waals surface area contributed by atoms with E-state index < -0.39 is 5.91 Å². The van der Waals surface area contributed by atoms with Gasteiger partial charge in [-0.15, -0.1) is 0 Å². The van der Waals surface area contributed by atoms with Crippen molar-refractivity contribution < 1.29 is 18.5 Å².